The van der Waals surface area contributed by atoms with Crippen molar-refractivity contribution in [3.05, 3.63) is 23.4 Å². The Balaban J connectivity index is 2.34. The summed E-state index contributed by atoms with van der Waals surface area (Å²) in [6.45, 7) is 1.39. The number of aryl methyl sites for hydroxylation is 1. The van der Waals surface area contributed by atoms with Gasteiger partial charge >= 0.3 is 10.2 Å². The maximum atomic E-state index is 12.9. The Morgan fingerprint density at radius 1 is 1.58 bits per heavy atom. The Kier molecular flexibility index (Phi) is 3.24. The van der Waals surface area contributed by atoms with Crippen molar-refractivity contribution in [3.8, 4) is 6.07 Å². The molecule has 1 aromatic heterocycles. The van der Waals surface area contributed by atoms with E-state index in [0.29, 0.717) is 11.1 Å². The summed E-state index contributed by atoms with van der Waals surface area (Å²) in [5.41, 5.74) is 0.895. The molecule has 1 aromatic rings. The van der Waals surface area contributed by atoms with Crippen molar-refractivity contribution in [1.29, 1.82) is 5.26 Å². The lowest BCUT2D eigenvalue weighted by molar-refractivity contribution is -0.117. The van der Waals surface area contributed by atoms with Crippen LogP contribution >= 0.6 is 0 Å². The third kappa shape index (κ3) is 2.56. The van der Waals surface area contributed by atoms with Crippen molar-refractivity contribution in [1.82, 2.24) is 4.98 Å². The van der Waals surface area contributed by atoms with E-state index >= 15 is 0 Å². The molecule has 0 spiro atoms. The lowest BCUT2D eigenvalue weighted by Crippen LogP contribution is -2.28. The monoisotopic (exact) mass is 283 g/mol. The predicted molar refractivity (Wildman–Crippen MR) is 64.5 cm³/mol. The number of carbonyl (C=O) groups excluding carboxylic acids is 1. The van der Waals surface area contributed by atoms with Gasteiger partial charge in [0.05, 0.1) is 5.56 Å². The summed E-state index contributed by atoms with van der Waals surface area (Å²) < 4.78 is 34.6. The summed E-state index contributed by atoms with van der Waals surface area (Å²) in [5, 5.41) is 7.37. The molecule has 19 heavy (non-hydrogen) atoms. The van der Waals surface area contributed by atoms with Crippen LogP contribution in [0.2, 0.25) is 0 Å². The van der Waals surface area contributed by atoms with Crippen LogP contribution in [0.3, 0.4) is 0 Å². The summed E-state index contributed by atoms with van der Waals surface area (Å²) in [7, 11) is -4.74. The summed E-state index contributed by atoms with van der Waals surface area (Å²) >= 11 is 0. The van der Waals surface area contributed by atoms with Gasteiger partial charge in [0, 0.05) is 19.2 Å². The van der Waals surface area contributed by atoms with E-state index in [2.05, 4.69) is 4.98 Å². The lowest BCUT2D eigenvalue weighted by atomic mass is 10.2. The summed E-state index contributed by atoms with van der Waals surface area (Å²) in [6.07, 6.45) is 0.896. The van der Waals surface area contributed by atoms with E-state index in [-0.39, 0.29) is 18.8 Å². The highest BCUT2D eigenvalue weighted by atomic mass is 32.3. The van der Waals surface area contributed by atoms with Crippen LogP contribution in [0.15, 0.2) is 12.3 Å². The van der Waals surface area contributed by atoms with Crippen molar-refractivity contribution >= 4 is 21.9 Å². The van der Waals surface area contributed by atoms with Gasteiger partial charge < -0.3 is 0 Å². The molecule has 0 aliphatic carbocycles. The first-order valence-electron chi connectivity index (χ1n) is 5.43. The number of hydrogen-bond donors (Lipinski definition) is 0. The third-order valence-corrected chi connectivity index (χ3v) is 4.04. The summed E-state index contributed by atoms with van der Waals surface area (Å²) in [4.78, 5) is 16.8. The number of nitrogens with zero attached hydrogens (tertiary/aromatic N) is 3. The number of anilines is 1. The second-order valence-electron chi connectivity index (χ2n) is 4.28. The van der Waals surface area contributed by atoms with E-state index in [0.717, 1.165) is 4.90 Å². The first kappa shape index (κ1) is 13.4. The van der Waals surface area contributed by atoms with Crippen LogP contribution in [0.25, 0.3) is 0 Å². The van der Waals surface area contributed by atoms with Gasteiger partial charge in [-0.05, 0) is 18.6 Å². The second-order valence-corrected chi connectivity index (χ2v) is 5.90. The smallest absolute Gasteiger partial charge is 0.295 e. The third-order valence-electron chi connectivity index (χ3n) is 2.92. The van der Waals surface area contributed by atoms with E-state index in [4.69, 9.17) is 5.26 Å². The summed E-state index contributed by atoms with van der Waals surface area (Å²) in [5.74, 6) is -0.235. The topological polar surface area (TPSA) is 91.1 Å². The molecule has 0 aromatic carbocycles. The van der Waals surface area contributed by atoms with Gasteiger partial charge in [-0.25, -0.2) is 4.98 Å². The molecule has 0 saturated carbocycles. The standard InChI is InChI=1S/C11H10FN3O3S/c1-7-2-8(4-13)5-14-11(7)15-6-9(3-10(15)16)19(12,17)18/h2,5,9H,3,6H2,1H3. The molecule has 0 bridgehead atoms. The molecule has 2 heterocycles. The zero-order chi connectivity index (χ0) is 14.2. The zero-order valence-corrected chi connectivity index (χ0v) is 10.8. The van der Waals surface area contributed by atoms with E-state index in [1.807, 2.05) is 6.07 Å². The number of pyridine rings is 1. The molecule has 1 aliphatic heterocycles. The first-order valence-corrected chi connectivity index (χ1v) is 6.88. The number of amides is 1. The first-order chi connectivity index (χ1) is 8.82. The van der Waals surface area contributed by atoms with Gasteiger partial charge in [0.25, 0.3) is 0 Å². The predicted octanol–water partition coefficient (Wildman–Crippen LogP) is 0.666. The minimum absolute atomic E-state index is 0.253. The molecule has 1 unspecified atom stereocenters. The van der Waals surface area contributed by atoms with Crippen LogP contribution in [0.4, 0.5) is 9.70 Å². The van der Waals surface area contributed by atoms with Gasteiger partial charge in [-0.1, -0.05) is 0 Å². The van der Waals surface area contributed by atoms with E-state index in [1.54, 1.807) is 6.92 Å². The van der Waals surface area contributed by atoms with Gasteiger partial charge in [-0.2, -0.15) is 13.7 Å². The maximum absolute atomic E-state index is 12.9. The molecule has 1 fully saturated rings. The minimum atomic E-state index is -4.74. The Bertz CT molecular complexity index is 681. The van der Waals surface area contributed by atoms with Crippen LogP contribution in [0.1, 0.15) is 17.5 Å². The normalized spacial score (nSPS) is 19.5. The molecule has 0 N–H and O–H groups in total. The number of halogens is 1. The Labute approximate surface area is 109 Å². The molecular weight excluding hydrogens is 273 g/mol. The molecule has 1 atom stereocenters. The minimum Gasteiger partial charge on any atom is -0.295 e. The largest absolute Gasteiger partial charge is 0.307 e. The van der Waals surface area contributed by atoms with Crippen molar-refractivity contribution in [3.63, 3.8) is 0 Å². The fraction of sp³-hybridized carbons (Fsp3) is 0.364. The van der Waals surface area contributed by atoms with Crippen LogP contribution in [0.5, 0.6) is 0 Å². The number of rotatable bonds is 2. The van der Waals surface area contributed by atoms with Gasteiger partial charge in [-0.15, -0.1) is 3.89 Å². The average Bonchev–Trinajstić information content (AvgIpc) is 2.71. The lowest BCUT2D eigenvalue weighted by Gasteiger charge is -2.17. The molecule has 1 amide bonds. The number of nitriles is 1. The average molecular weight is 283 g/mol. The maximum Gasteiger partial charge on any atom is 0.307 e. The van der Waals surface area contributed by atoms with Crippen molar-refractivity contribution in [2.24, 2.45) is 0 Å². The van der Waals surface area contributed by atoms with Crippen LogP contribution in [-0.4, -0.2) is 31.1 Å². The fourth-order valence-corrected chi connectivity index (χ4v) is 2.65. The van der Waals surface area contributed by atoms with Crippen molar-refractivity contribution in [2.45, 2.75) is 18.6 Å². The molecule has 8 heteroatoms. The zero-order valence-electron chi connectivity index (χ0n) is 10.00. The van der Waals surface area contributed by atoms with Crippen LogP contribution in [0, 0.1) is 18.3 Å². The van der Waals surface area contributed by atoms with E-state index < -0.39 is 21.4 Å². The molecular formula is C11H10FN3O3S. The number of hydrogen-bond acceptors (Lipinski definition) is 5. The van der Waals surface area contributed by atoms with Crippen LogP contribution < -0.4 is 4.90 Å². The van der Waals surface area contributed by atoms with Gasteiger partial charge in [0.2, 0.25) is 5.91 Å². The van der Waals surface area contributed by atoms with Gasteiger partial charge in [0.15, 0.2) is 0 Å². The molecule has 6 nitrogen and oxygen atoms in total. The molecule has 2 rings (SSSR count). The van der Waals surface area contributed by atoms with Crippen molar-refractivity contribution < 1.29 is 17.1 Å². The Morgan fingerprint density at radius 2 is 2.26 bits per heavy atom. The number of aromatic nitrogens is 1. The SMILES string of the molecule is Cc1cc(C#N)cnc1N1CC(S(=O)(=O)F)CC1=O. The Morgan fingerprint density at radius 3 is 2.74 bits per heavy atom. The van der Waals surface area contributed by atoms with Crippen molar-refractivity contribution in [2.75, 3.05) is 11.4 Å². The van der Waals surface area contributed by atoms with E-state index in [9.17, 15) is 17.1 Å². The van der Waals surface area contributed by atoms with E-state index in [1.165, 1.54) is 12.3 Å². The highest BCUT2D eigenvalue weighted by molar-refractivity contribution is 7.87. The van der Waals surface area contributed by atoms with Crippen LogP contribution in [-0.2, 0) is 15.0 Å². The second kappa shape index (κ2) is 4.59. The Hall–Kier alpha value is -2.01. The van der Waals surface area contributed by atoms with Gasteiger partial charge in [-0.3, -0.25) is 9.69 Å². The fourth-order valence-electron chi connectivity index (χ4n) is 1.98. The number of carbonyl (C=O) groups is 1. The van der Waals surface area contributed by atoms with Gasteiger partial charge in [0.1, 0.15) is 17.1 Å². The quantitative estimate of drug-likeness (QED) is 0.744. The highest BCUT2D eigenvalue weighted by Gasteiger charge is 2.39. The molecule has 1 saturated heterocycles. The molecule has 1 aliphatic rings. The summed E-state index contributed by atoms with van der Waals surface area (Å²) in [6, 6.07) is 3.44. The highest BCUT2D eigenvalue weighted by Crippen LogP contribution is 2.26. The molecule has 100 valence electrons. The molecule has 0 radical (unpaired) electrons.